The van der Waals surface area contributed by atoms with Crippen LogP contribution in [0.25, 0.3) is 0 Å². The van der Waals surface area contributed by atoms with Crippen molar-refractivity contribution in [2.75, 3.05) is 13.2 Å². The Morgan fingerprint density at radius 2 is 1.17 bits per heavy atom. The number of hydrogen-bond acceptors (Lipinski definition) is 10. The number of nitrogens with zero attached hydrogens (tertiary/aromatic N) is 2. The smallest absolute Gasteiger partial charge is 0.341 e. The number of ether oxygens (including phenoxy) is 2. The number of carbonyl (C=O) groups is 2. The average molecular weight is 754 g/mol. The van der Waals surface area contributed by atoms with Crippen LogP contribution < -0.4 is 14.8 Å². The molecule has 276 valence electrons. The van der Waals surface area contributed by atoms with Crippen molar-refractivity contribution in [2.24, 2.45) is 0 Å². The third kappa shape index (κ3) is 13.3. The van der Waals surface area contributed by atoms with Crippen LogP contribution in [0.2, 0.25) is 0 Å². The molecular weight excluding hydrogens is 714 g/mol. The predicted molar refractivity (Wildman–Crippen MR) is 191 cm³/mol. The summed E-state index contributed by atoms with van der Waals surface area (Å²) in [6.45, 7) is 10.7. The quantitative estimate of drug-likeness (QED) is 0.209. The summed E-state index contributed by atoms with van der Waals surface area (Å²) in [5.74, 6) is -1.13. The number of allylic oxidation sites excluding steroid dienone is 2. The van der Waals surface area contributed by atoms with Crippen LogP contribution in [0.4, 0.5) is 4.39 Å². The Balaban J connectivity index is 0.000000378. The summed E-state index contributed by atoms with van der Waals surface area (Å²) >= 11 is 0. The van der Waals surface area contributed by atoms with E-state index in [1.54, 1.807) is 24.3 Å². The van der Waals surface area contributed by atoms with Crippen molar-refractivity contribution < 1.29 is 45.4 Å². The molecule has 3 aromatic carbocycles. The number of hydrogen-bond donors (Lipinski definition) is 2. The van der Waals surface area contributed by atoms with Crippen LogP contribution in [0, 0.1) is 28.5 Å². The van der Waals surface area contributed by atoms with E-state index >= 15 is 0 Å². The fourth-order valence-electron chi connectivity index (χ4n) is 4.33. The minimum Gasteiger partial charge on any atom is -0.483 e. The highest BCUT2D eigenvalue weighted by Crippen LogP contribution is 2.35. The summed E-state index contributed by atoms with van der Waals surface area (Å²) in [6.07, 6.45) is 1.79. The summed E-state index contributed by atoms with van der Waals surface area (Å²) in [4.78, 5) is 22.8. The lowest BCUT2D eigenvalue weighted by Gasteiger charge is -2.23. The highest BCUT2D eigenvalue weighted by molar-refractivity contribution is 7.94. The summed E-state index contributed by atoms with van der Waals surface area (Å²) < 4.78 is 72.6. The number of carboxylic acid groups (broad SMARTS) is 1. The second-order valence-corrected chi connectivity index (χ2v) is 16.8. The molecule has 0 aliphatic heterocycles. The summed E-state index contributed by atoms with van der Waals surface area (Å²) in [5, 5.41) is 30.1. The van der Waals surface area contributed by atoms with Crippen LogP contribution in [-0.4, -0.2) is 47.0 Å². The summed E-state index contributed by atoms with van der Waals surface area (Å²) in [6, 6.07) is 17.6. The van der Waals surface area contributed by atoms with Crippen molar-refractivity contribution in [3.63, 3.8) is 0 Å². The Bertz CT molecular complexity index is 2120. The summed E-state index contributed by atoms with van der Waals surface area (Å²) in [5.41, 5.74) is 1.03. The molecule has 1 amide bonds. The number of sulfone groups is 2. The Morgan fingerprint density at radius 3 is 1.56 bits per heavy atom. The normalized spacial score (nSPS) is 11.9. The van der Waals surface area contributed by atoms with Crippen molar-refractivity contribution in [2.45, 2.75) is 68.7 Å². The molecule has 0 radical (unpaired) electrons. The number of rotatable bonds is 12. The van der Waals surface area contributed by atoms with Gasteiger partial charge in [0.15, 0.2) is 13.2 Å². The number of aliphatic carboxylic acids is 1. The fourth-order valence-corrected chi connectivity index (χ4v) is 6.20. The number of nitriles is 2. The SMILES string of the molecule is CC(C)(C)c1cc(S(=O)(=O)C=CC#N)ccc1OCC(=O)NCc1ccc(F)cc1.CC(C)(C)c1cc(S(=O)(=O)C=CC#N)ccc1OCC(=O)O. The van der Waals surface area contributed by atoms with Crippen LogP contribution in [0.1, 0.15) is 58.2 Å². The van der Waals surface area contributed by atoms with Gasteiger partial charge in [0, 0.05) is 40.6 Å². The van der Waals surface area contributed by atoms with E-state index in [0.29, 0.717) is 22.6 Å². The molecule has 0 aliphatic carbocycles. The Labute approximate surface area is 303 Å². The van der Waals surface area contributed by atoms with Gasteiger partial charge in [-0.05, 0) is 64.9 Å². The van der Waals surface area contributed by atoms with E-state index in [1.807, 2.05) is 41.5 Å². The molecule has 0 saturated carbocycles. The Hall–Kier alpha value is -5.51. The zero-order valence-electron chi connectivity index (χ0n) is 29.5. The maximum atomic E-state index is 12.9. The van der Waals surface area contributed by atoms with Gasteiger partial charge in [0.25, 0.3) is 5.91 Å². The molecule has 0 unspecified atom stereocenters. The Morgan fingerprint density at radius 1 is 0.750 bits per heavy atom. The van der Waals surface area contributed by atoms with E-state index in [-0.39, 0.29) is 34.7 Å². The van der Waals surface area contributed by atoms with Gasteiger partial charge in [0.05, 0.1) is 21.9 Å². The number of amides is 1. The molecule has 0 saturated heterocycles. The van der Waals surface area contributed by atoms with Crippen molar-refractivity contribution in [1.82, 2.24) is 5.32 Å². The van der Waals surface area contributed by atoms with E-state index in [1.165, 1.54) is 48.5 Å². The topological polar surface area (TPSA) is 201 Å². The van der Waals surface area contributed by atoms with Gasteiger partial charge in [-0.25, -0.2) is 26.0 Å². The van der Waals surface area contributed by atoms with Gasteiger partial charge in [-0.2, -0.15) is 10.5 Å². The van der Waals surface area contributed by atoms with E-state index in [2.05, 4.69) is 5.32 Å². The first kappa shape index (κ1) is 42.7. The molecule has 52 heavy (non-hydrogen) atoms. The highest BCUT2D eigenvalue weighted by atomic mass is 32.2. The maximum absolute atomic E-state index is 12.9. The lowest BCUT2D eigenvalue weighted by Crippen LogP contribution is -2.29. The Kier molecular flexibility index (Phi) is 14.9. The molecule has 15 heteroatoms. The number of halogens is 1. The van der Waals surface area contributed by atoms with Gasteiger partial charge in [0.2, 0.25) is 19.7 Å². The third-order valence-electron chi connectivity index (χ3n) is 6.93. The van der Waals surface area contributed by atoms with Gasteiger partial charge in [-0.15, -0.1) is 0 Å². The number of carboxylic acids is 1. The molecule has 0 atom stereocenters. The van der Waals surface area contributed by atoms with E-state index in [0.717, 1.165) is 28.5 Å². The van der Waals surface area contributed by atoms with Crippen molar-refractivity contribution >= 4 is 31.6 Å². The molecule has 0 bridgehead atoms. The molecule has 12 nitrogen and oxygen atoms in total. The van der Waals surface area contributed by atoms with Crippen LogP contribution >= 0.6 is 0 Å². The molecular formula is C37H40FN3O9S2. The highest BCUT2D eigenvalue weighted by Gasteiger charge is 2.24. The lowest BCUT2D eigenvalue weighted by molar-refractivity contribution is -0.139. The van der Waals surface area contributed by atoms with E-state index in [9.17, 15) is 30.8 Å². The minimum atomic E-state index is -3.76. The van der Waals surface area contributed by atoms with Gasteiger partial charge in [-0.3, -0.25) is 4.79 Å². The molecule has 0 heterocycles. The van der Waals surface area contributed by atoms with E-state index < -0.39 is 43.1 Å². The first-order chi connectivity index (χ1) is 24.1. The second-order valence-electron chi connectivity index (χ2n) is 13.1. The number of benzene rings is 3. The second kappa shape index (κ2) is 18.1. The molecule has 3 rings (SSSR count). The molecule has 0 fully saturated rings. The fraction of sp³-hybridized carbons (Fsp3) is 0.297. The molecule has 0 aromatic heterocycles. The molecule has 0 aliphatic rings. The van der Waals surface area contributed by atoms with Crippen LogP contribution in [0.3, 0.4) is 0 Å². The lowest BCUT2D eigenvalue weighted by atomic mass is 9.86. The predicted octanol–water partition coefficient (Wildman–Crippen LogP) is 5.89. The molecule has 0 spiro atoms. The van der Waals surface area contributed by atoms with Crippen molar-refractivity contribution in [1.29, 1.82) is 10.5 Å². The number of carbonyl (C=O) groups excluding carboxylic acids is 1. The van der Waals surface area contributed by atoms with Crippen molar-refractivity contribution in [3.05, 3.63) is 106 Å². The largest absolute Gasteiger partial charge is 0.483 e. The van der Waals surface area contributed by atoms with Gasteiger partial charge in [0.1, 0.15) is 17.3 Å². The molecule has 2 N–H and O–H groups in total. The van der Waals surface area contributed by atoms with Crippen LogP contribution in [-0.2, 0) is 46.6 Å². The summed E-state index contributed by atoms with van der Waals surface area (Å²) in [7, 11) is -7.49. The van der Waals surface area contributed by atoms with E-state index in [4.69, 9.17) is 25.1 Å². The zero-order valence-corrected chi connectivity index (χ0v) is 31.1. The van der Waals surface area contributed by atoms with Gasteiger partial charge >= 0.3 is 5.97 Å². The number of nitrogens with one attached hydrogen (secondary N) is 1. The van der Waals surface area contributed by atoms with Crippen LogP contribution in [0.5, 0.6) is 11.5 Å². The maximum Gasteiger partial charge on any atom is 0.341 e. The first-order valence-corrected chi connectivity index (χ1v) is 18.6. The standard InChI is InChI=1S/C22H23FN2O4S.C15H17NO5S/c1-22(2,3)19-13-18(30(27,28)12-4-11-24)9-10-20(19)29-15-21(26)25-14-16-5-7-17(23)8-6-16;1-15(2,3)12-9-11(22(19,20)8-4-7-16)5-6-13(12)21-10-14(17)18/h4-10,12-13H,14-15H2,1-3H3,(H,25,26);4-6,8-9H,10H2,1-3H3,(H,17,18). The monoisotopic (exact) mass is 753 g/mol. The third-order valence-corrected chi connectivity index (χ3v) is 9.74. The average Bonchev–Trinajstić information content (AvgIpc) is 3.07. The minimum absolute atomic E-state index is 0.0200. The molecule has 3 aromatic rings. The first-order valence-electron chi connectivity index (χ1n) is 15.5. The van der Waals surface area contributed by atoms with Gasteiger partial charge < -0.3 is 19.9 Å². The zero-order chi connectivity index (χ0) is 39.3. The van der Waals surface area contributed by atoms with Gasteiger partial charge in [-0.1, -0.05) is 53.7 Å². The van der Waals surface area contributed by atoms with Crippen LogP contribution in [0.15, 0.2) is 93.4 Å². The van der Waals surface area contributed by atoms with Crippen molar-refractivity contribution in [3.8, 4) is 23.6 Å².